The highest BCUT2D eigenvalue weighted by Gasteiger charge is 2.16. The number of aromatic nitrogens is 1. The number of nitrogens with zero attached hydrogens (tertiary/aromatic N) is 1. The molecule has 0 saturated carbocycles. The molecule has 0 fully saturated rings. The number of fused-ring (bicyclic) bond motifs is 2. The van der Waals surface area contributed by atoms with Crippen molar-refractivity contribution in [1.29, 1.82) is 0 Å². The molecule has 100 valence electrons. The van der Waals surface area contributed by atoms with E-state index in [0.717, 1.165) is 32.5 Å². The average molecular weight is 305 g/mol. The van der Waals surface area contributed by atoms with Gasteiger partial charge in [0.25, 0.3) is 0 Å². The molecule has 1 aliphatic rings. The van der Waals surface area contributed by atoms with Crippen molar-refractivity contribution in [3.8, 4) is 11.5 Å². The van der Waals surface area contributed by atoms with Crippen LogP contribution in [0.1, 0.15) is 0 Å². The van der Waals surface area contributed by atoms with Gasteiger partial charge in [0.05, 0.1) is 10.2 Å². The fraction of sp³-hybridized carbons (Fsp3) is 0.0714. The smallest absolute Gasteiger partial charge is 0.231 e. The average Bonchev–Trinajstić information content (AvgIpc) is 3.00. The molecule has 4 rings (SSSR count). The lowest BCUT2D eigenvalue weighted by atomic mass is 10.3. The van der Waals surface area contributed by atoms with Crippen molar-refractivity contribution >= 4 is 44.0 Å². The van der Waals surface area contributed by atoms with Crippen LogP contribution in [0.15, 0.2) is 36.4 Å². The van der Waals surface area contributed by atoms with Gasteiger partial charge in [0.1, 0.15) is 0 Å². The van der Waals surface area contributed by atoms with Crippen LogP contribution in [0.2, 0.25) is 5.02 Å². The molecule has 0 unspecified atom stereocenters. The van der Waals surface area contributed by atoms with Crippen molar-refractivity contribution in [3.63, 3.8) is 0 Å². The first-order valence-corrected chi connectivity index (χ1v) is 7.20. The summed E-state index contributed by atoms with van der Waals surface area (Å²) < 4.78 is 11.8. The van der Waals surface area contributed by atoms with Crippen LogP contribution >= 0.6 is 22.9 Å². The van der Waals surface area contributed by atoms with Crippen LogP contribution in [0.4, 0.5) is 10.8 Å². The number of rotatable bonds is 2. The summed E-state index contributed by atoms with van der Waals surface area (Å²) in [5, 5.41) is 4.75. The molecule has 1 aromatic heterocycles. The fourth-order valence-electron chi connectivity index (χ4n) is 2.06. The highest BCUT2D eigenvalue weighted by atomic mass is 35.5. The molecule has 0 aliphatic carbocycles. The van der Waals surface area contributed by atoms with Crippen LogP contribution in [-0.4, -0.2) is 11.8 Å². The van der Waals surface area contributed by atoms with Crippen molar-refractivity contribution in [1.82, 2.24) is 4.98 Å². The van der Waals surface area contributed by atoms with E-state index in [0.29, 0.717) is 5.02 Å². The van der Waals surface area contributed by atoms with Crippen molar-refractivity contribution in [2.24, 2.45) is 0 Å². The van der Waals surface area contributed by atoms with Crippen molar-refractivity contribution in [2.45, 2.75) is 0 Å². The quantitative estimate of drug-likeness (QED) is 0.761. The van der Waals surface area contributed by atoms with E-state index < -0.39 is 0 Å². The summed E-state index contributed by atoms with van der Waals surface area (Å²) in [6, 6.07) is 11.4. The molecule has 0 amide bonds. The van der Waals surface area contributed by atoms with Crippen molar-refractivity contribution < 1.29 is 9.47 Å². The number of hydrogen-bond acceptors (Lipinski definition) is 5. The molecule has 0 atom stereocenters. The molecule has 0 saturated heterocycles. The lowest BCUT2D eigenvalue weighted by Gasteiger charge is -2.01. The zero-order valence-corrected chi connectivity index (χ0v) is 11.8. The molecule has 0 bridgehead atoms. The van der Waals surface area contributed by atoms with Gasteiger partial charge in [0, 0.05) is 22.8 Å². The molecule has 1 aliphatic heterocycles. The molecule has 4 nitrogen and oxygen atoms in total. The van der Waals surface area contributed by atoms with Gasteiger partial charge in [0.2, 0.25) is 6.79 Å². The van der Waals surface area contributed by atoms with Crippen LogP contribution in [-0.2, 0) is 0 Å². The van der Waals surface area contributed by atoms with E-state index in [-0.39, 0.29) is 6.79 Å². The van der Waals surface area contributed by atoms with E-state index in [1.807, 2.05) is 36.4 Å². The Morgan fingerprint density at radius 1 is 1.15 bits per heavy atom. The second-order valence-corrected chi connectivity index (χ2v) is 5.79. The molecular weight excluding hydrogens is 296 g/mol. The molecular formula is C14H9ClN2O2S. The van der Waals surface area contributed by atoms with E-state index in [1.54, 1.807) is 11.3 Å². The Bertz CT molecular complexity index is 762. The monoisotopic (exact) mass is 304 g/mol. The van der Waals surface area contributed by atoms with Crippen molar-refractivity contribution in [3.05, 3.63) is 41.4 Å². The standard InChI is InChI=1S/C14H9ClN2O2S/c15-8-2-1-3-9(4-8)16-14-17-10-5-11-12(19-7-18-11)6-13(10)20-14/h1-6H,7H2,(H,16,17). The molecule has 1 N–H and O–H groups in total. The summed E-state index contributed by atoms with van der Waals surface area (Å²) in [7, 11) is 0. The van der Waals surface area contributed by atoms with Gasteiger partial charge in [-0.1, -0.05) is 29.0 Å². The molecule has 0 radical (unpaired) electrons. The van der Waals surface area contributed by atoms with Crippen LogP contribution in [0, 0.1) is 0 Å². The number of nitrogens with one attached hydrogen (secondary N) is 1. The van der Waals surface area contributed by atoms with Crippen LogP contribution in [0.5, 0.6) is 11.5 Å². The summed E-state index contributed by atoms with van der Waals surface area (Å²) in [6.45, 7) is 0.278. The molecule has 2 aromatic carbocycles. The summed E-state index contributed by atoms with van der Waals surface area (Å²) in [5.41, 5.74) is 1.81. The maximum Gasteiger partial charge on any atom is 0.231 e. The molecule has 6 heteroatoms. The topological polar surface area (TPSA) is 43.4 Å². The van der Waals surface area contributed by atoms with Crippen LogP contribution in [0.3, 0.4) is 0 Å². The van der Waals surface area contributed by atoms with E-state index in [2.05, 4.69) is 10.3 Å². The number of benzene rings is 2. The third kappa shape index (κ3) is 2.05. The highest BCUT2D eigenvalue weighted by molar-refractivity contribution is 7.22. The summed E-state index contributed by atoms with van der Waals surface area (Å²) >= 11 is 7.53. The largest absolute Gasteiger partial charge is 0.454 e. The first-order valence-electron chi connectivity index (χ1n) is 6.01. The lowest BCUT2D eigenvalue weighted by Crippen LogP contribution is -1.92. The predicted octanol–water partition coefficient (Wildman–Crippen LogP) is 4.42. The Morgan fingerprint density at radius 3 is 2.85 bits per heavy atom. The van der Waals surface area contributed by atoms with Gasteiger partial charge in [-0.25, -0.2) is 4.98 Å². The molecule has 2 heterocycles. The highest BCUT2D eigenvalue weighted by Crippen LogP contribution is 2.39. The van der Waals surface area contributed by atoms with Gasteiger partial charge in [-0.05, 0) is 18.2 Å². The Labute approximate surface area is 123 Å². The lowest BCUT2D eigenvalue weighted by molar-refractivity contribution is 0.174. The normalized spacial score (nSPS) is 12.8. The van der Waals surface area contributed by atoms with Crippen LogP contribution in [0.25, 0.3) is 10.2 Å². The van der Waals surface area contributed by atoms with Gasteiger partial charge >= 0.3 is 0 Å². The summed E-state index contributed by atoms with van der Waals surface area (Å²) in [5.74, 6) is 1.52. The molecule has 20 heavy (non-hydrogen) atoms. The first-order chi connectivity index (χ1) is 9.78. The van der Waals surface area contributed by atoms with E-state index in [4.69, 9.17) is 21.1 Å². The van der Waals surface area contributed by atoms with Gasteiger partial charge < -0.3 is 14.8 Å². The Morgan fingerprint density at radius 2 is 2.00 bits per heavy atom. The summed E-state index contributed by atoms with van der Waals surface area (Å²) in [6.07, 6.45) is 0. The minimum absolute atomic E-state index is 0.278. The number of hydrogen-bond donors (Lipinski definition) is 1. The first kappa shape index (κ1) is 11.8. The Kier molecular flexibility index (Phi) is 2.68. The molecule has 3 aromatic rings. The zero-order valence-electron chi connectivity index (χ0n) is 10.2. The third-order valence-corrected chi connectivity index (χ3v) is 4.13. The Hall–Kier alpha value is -1.98. The van der Waals surface area contributed by atoms with Gasteiger partial charge in [-0.3, -0.25) is 0 Å². The van der Waals surface area contributed by atoms with E-state index >= 15 is 0 Å². The minimum Gasteiger partial charge on any atom is -0.454 e. The van der Waals surface area contributed by atoms with Crippen LogP contribution < -0.4 is 14.8 Å². The fourth-order valence-corrected chi connectivity index (χ4v) is 3.15. The number of ether oxygens (including phenoxy) is 2. The van der Waals surface area contributed by atoms with Gasteiger partial charge in [-0.15, -0.1) is 0 Å². The number of halogens is 1. The number of thiazole rings is 1. The van der Waals surface area contributed by atoms with Gasteiger partial charge in [-0.2, -0.15) is 0 Å². The van der Waals surface area contributed by atoms with Gasteiger partial charge in [0.15, 0.2) is 16.6 Å². The predicted molar refractivity (Wildman–Crippen MR) is 80.5 cm³/mol. The summed E-state index contributed by atoms with van der Waals surface area (Å²) in [4.78, 5) is 4.54. The van der Waals surface area contributed by atoms with E-state index in [1.165, 1.54) is 0 Å². The Balaban J connectivity index is 1.71. The maximum absolute atomic E-state index is 5.97. The SMILES string of the molecule is Clc1cccc(Nc2nc3cc4c(cc3s2)OCO4)c1. The zero-order chi connectivity index (χ0) is 13.5. The van der Waals surface area contributed by atoms with E-state index in [9.17, 15) is 0 Å². The molecule has 0 spiro atoms. The maximum atomic E-state index is 5.97. The second-order valence-electron chi connectivity index (χ2n) is 4.33. The van der Waals surface area contributed by atoms with Crippen molar-refractivity contribution in [2.75, 3.05) is 12.1 Å². The number of anilines is 2. The minimum atomic E-state index is 0.278. The second kappa shape index (κ2) is 4.54. The third-order valence-electron chi connectivity index (χ3n) is 2.96.